The van der Waals surface area contributed by atoms with Gasteiger partial charge in [0.1, 0.15) is 11.9 Å². The number of carbonyl (C=O) groups excluding carboxylic acids is 1. The predicted molar refractivity (Wildman–Crippen MR) is 89.8 cm³/mol. The number of anilines is 1. The van der Waals surface area contributed by atoms with Crippen LogP contribution in [-0.2, 0) is 16.0 Å². The normalized spacial score (nSPS) is 17.3. The molecule has 1 aliphatic heterocycles. The van der Waals surface area contributed by atoms with Gasteiger partial charge in [-0.3, -0.25) is 10.1 Å². The number of aromatic nitrogens is 1. The second-order valence-corrected chi connectivity index (χ2v) is 6.11. The van der Waals surface area contributed by atoms with Crippen LogP contribution in [0, 0.1) is 5.82 Å². The van der Waals surface area contributed by atoms with Crippen LogP contribution >= 0.6 is 23.7 Å². The Labute approximate surface area is 143 Å². The van der Waals surface area contributed by atoms with Crippen molar-refractivity contribution < 1.29 is 13.9 Å². The van der Waals surface area contributed by atoms with Crippen LogP contribution in [0.1, 0.15) is 10.4 Å². The molecule has 2 heterocycles. The minimum absolute atomic E-state index is 0. The summed E-state index contributed by atoms with van der Waals surface area (Å²) in [5, 5.41) is 6.40. The molecule has 1 atom stereocenters. The van der Waals surface area contributed by atoms with Crippen LogP contribution < -0.4 is 10.6 Å². The van der Waals surface area contributed by atoms with E-state index >= 15 is 0 Å². The molecular formula is C15H17ClFN3O2S. The van der Waals surface area contributed by atoms with E-state index in [2.05, 4.69) is 15.6 Å². The van der Waals surface area contributed by atoms with Crippen molar-refractivity contribution >= 4 is 34.8 Å². The van der Waals surface area contributed by atoms with Crippen LogP contribution in [-0.4, -0.2) is 36.7 Å². The molecule has 1 unspecified atom stereocenters. The molecule has 0 radical (unpaired) electrons. The van der Waals surface area contributed by atoms with E-state index < -0.39 is 6.10 Å². The molecule has 2 aromatic rings. The predicted octanol–water partition coefficient (Wildman–Crippen LogP) is 2.22. The van der Waals surface area contributed by atoms with E-state index in [4.69, 9.17) is 4.74 Å². The van der Waals surface area contributed by atoms with Gasteiger partial charge in [0.25, 0.3) is 5.91 Å². The number of amides is 1. The maximum Gasteiger partial charge on any atom is 0.256 e. The van der Waals surface area contributed by atoms with Crippen molar-refractivity contribution in [3.05, 3.63) is 46.7 Å². The highest BCUT2D eigenvalue weighted by Crippen LogP contribution is 2.21. The van der Waals surface area contributed by atoms with Crippen molar-refractivity contribution in [1.29, 1.82) is 0 Å². The van der Waals surface area contributed by atoms with Gasteiger partial charge in [-0.2, -0.15) is 0 Å². The highest BCUT2D eigenvalue weighted by atomic mass is 35.5. The first-order valence-electron chi connectivity index (χ1n) is 7.03. The molecule has 23 heavy (non-hydrogen) atoms. The van der Waals surface area contributed by atoms with Gasteiger partial charge in [-0.1, -0.05) is 12.1 Å². The molecule has 0 bridgehead atoms. The van der Waals surface area contributed by atoms with Crippen LogP contribution in [0.2, 0.25) is 0 Å². The summed E-state index contributed by atoms with van der Waals surface area (Å²) in [5.74, 6) is -0.448. The Morgan fingerprint density at radius 1 is 1.52 bits per heavy atom. The van der Waals surface area contributed by atoms with Gasteiger partial charge in [0.15, 0.2) is 5.13 Å². The lowest BCUT2D eigenvalue weighted by atomic mass is 10.1. The minimum atomic E-state index is -0.482. The Balaban J connectivity index is 0.00000192. The smallest absolute Gasteiger partial charge is 0.256 e. The summed E-state index contributed by atoms with van der Waals surface area (Å²) in [6, 6.07) is 6.46. The van der Waals surface area contributed by atoms with Crippen molar-refractivity contribution in [2.45, 2.75) is 12.5 Å². The lowest BCUT2D eigenvalue weighted by Crippen LogP contribution is -2.45. The van der Waals surface area contributed by atoms with E-state index in [1.165, 1.54) is 23.5 Å². The Morgan fingerprint density at radius 2 is 2.39 bits per heavy atom. The quantitative estimate of drug-likeness (QED) is 0.880. The average Bonchev–Trinajstić information content (AvgIpc) is 2.95. The number of carbonyl (C=O) groups is 1. The Hall–Kier alpha value is -1.54. The third-order valence-electron chi connectivity index (χ3n) is 3.27. The molecule has 1 aliphatic rings. The third kappa shape index (κ3) is 4.97. The second-order valence-electron chi connectivity index (χ2n) is 4.99. The maximum absolute atomic E-state index is 13.2. The monoisotopic (exact) mass is 357 g/mol. The number of halogens is 2. The van der Waals surface area contributed by atoms with E-state index in [-0.39, 0.29) is 24.1 Å². The van der Waals surface area contributed by atoms with Gasteiger partial charge >= 0.3 is 0 Å². The highest BCUT2D eigenvalue weighted by molar-refractivity contribution is 7.15. The zero-order chi connectivity index (χ0) is 15.4. The van der Waals surface area contributed by atoms with Crippen LogP contribution in [0.15, 0.2) is 30.5 Å². The number of rotatable bonds is 4. The fourth-order valence-corrected chi connectivity index (χ4v) is 3.06. The van der Waals surface area contributed by atoms with Crippen LogP contribution in [0.5, 0.6) is 0 Å². The molecule has 1 aromatic heterocycles. The number of nitrogens with one attached hydrogen (secondary N) is 2. The van der Waals surface area contributed by atoms with Gasteiger partial charge in [-0.15, -0.1) is 23.7 Å². The van der Waals surface area contributed by atoms with Crippen molar-refractivity contribution in [2.75, 3.05) is 25.0 Å². The molecule has 2 N–H and O–H groups in total. The van der Waals surface area contributed by atoms with Crippen LogP contribution in [0.25, 0.3) is 0 Å². The lowest BCUT2D eigenvalue weighted by molar-refractivity contribution is -0.128. The number of nitrogens with zero attached hydrogens (tertiary/aromatic N) is 1. The molecule has 1 aromatic carbocycles. The van der Waals surface area contributed by atoms with Gasteiger partial charge in [-0.25, -0.2) is 9.37 Å². The average molecular weight is 358 g/mol. The van der Waals surface area contributed by atoms with Crippen molar-refractivity contribution in [3.8, 4) is 0 Å². The van der Waals surface area contributed by atoms with E-state index in [0.717, 1.165) is 17.0 Å². The lowest BCUT2D eigenvalue weighted by Gasteiger charge is -2.22. The molecular weight excluding hydrogens is 341 g/mol. The fourth-order valence-electron chi connectivity index (χ4n) is 2.21. The van der Waals surface area contributed by atoms with Gasteiger partial charge < -0.3 is 10.1 Å². The molecule has 3 rings (SSSR count). The summed E-state index contributed by atoms with van der Waals surface area (Å²) >= 11 is 1.38. The fraction of sp³-hybridized carbons (Fsp3) is 0.333. The zero-order valence-electron chi connectivity index (χ0n) is 12.3. The minimum Gasteiger partial charge on any atom is -0.366 e. The molecule has 0 saturated carbocycles. The van der Waals surface area contributed by atoms with Crippen LogP contribution in [0.4, 0.5) is 9.52 Å². The number of benzene rings is 1. The van der Waals surface area contributed by atoms with Crippen molar-refractivity contribution in [1.82, 2.24) is 10.3 Å². The number of ether oxygens (including phenoxy) is 1. The standard InChI is InChI=1S/C15H16FN3O2S.ClH/c16-11-3-1-2-10(6-11)7-12-8-18-15(22-12)19-14(20)13-9-17-4-5-21-13;/h1-3,6,8,13,17H,4-5,7,9H2,(H,18,19,20);1H. The van der Waals surface area contributed by atoms with E-state index in [9.17, 15) is 9.18 Å². The first-order valence-corrected chi connectivity index (χ1v) is 7.85. The molecule has 5 nitrogen and oxygen atoms in total. The van der Waals surface area contributed by atoms with E-state index in [1.54, 1.807) is 12.3 Å². The Morgan fingerprint density at radius 3 is 3.13 bits per heavy atom. The number of hydrogen-bond acceptors (Lipinski definition) is 5. The maximum atomic E-state index is 13.2. The molecule has 8 heteroatoms. The van der Waals surface area contributed by atoms with Crippen molar-refractivity contribution in [2.24, 2.45) is 0 Å². The molecule has 1 saturated heterocycles. The molecule has 124 valence electrons. The summed E-state index contributed by atoms with van der Waals surface area (Å²) in [7, 11) is 0. The number of thiazole rings is 1. The second kappa shape index (κ2) is 8.35. The molecule has 0 aliphatic carbocycles. The molecule has 0 spiro atoms. The topological polar surface area (TPSA) is 63.2 Å². The van der Waals surface area contributed by atoms with Crippen LogP contribution in [0.3, 0.4) is 0 Å². The first kappa shape index (κ1) is 17.8. The Kier molecular flexibility index (Phi) is 6.47. The zero-order valence-corrected chi connectivity index (χ0v) is 13.9. The summed E-state index contributed by atoms with van der Waals surface area (Å²) in [6.45, 7) is 1.80. The Bertz CT molecular complexity index is 662. The third-order valence-corrected chi connectivity index (χ3v) is 4.18. The van der Waals surface area contributed by atoms with E-state index in [0.29, 0.717) is 24.7 Å². The van der Waals surface area contributed by atoms with Gasteiger partial charge in [0, 0.05) is 30.6 Å². The van der Waals surface area contributed by atoms with Gasteiger partial charge in [0.05, 0.1) is 6.61 Å². The summed E-state index contributed by atoms with van der Waals surface area (Å²) in [6.07, 6.45) is 1.81. The van der Waals surface area contributed by atoms with Gasteiger partial charge in [0.2, 0.25) is 0 Å². The summed E-state index contributed by atoms with van der Waals surface area (Å²) in [5.41, 5.74) is 0.876. The van der Waals surface area contributed by atoms with E-state index in [1.807, 2.05) is 6.07 Å². The summed E-state index contributed by atoms with van der Waals surface area (Å²) in [4.78, 5) is 17.2. The first-order chi connectivity index (χ1) is 10.7. The molecule has 1 fully saturated rings. The number of morpholine rings is 1. The highest BCUT2D eigenvalue weighted by Gasteiger charge is 2.22. The number of hydrogen-bond donors (Lipinski definition) is 2. The SMILES string of the molecule is Cl.O=C(Nc1ncc(Cc2cccc(F)c2)s1)C1CNCCO1. The summed E-state index contributed by atoms with van der Waals surface area (Å²) < 4.78 is 18.6. The molecule has 1 amide bonds. The van der Waals surface area contributed by atoms with Crippen molar-refractivity contribution in [3.63, 3.8) is 0 Å². The van der Waals surface area contributed by atoms with Gasteiger partial charge in [-0.05, 0) is 17.7 Å². The largest absolute Gasteiger partial charge is 0.366 e.